The van der Waals surface area contributed by atoms with Gasteiger partial charge in [0.1, 0.15) is 0 Å². The van der Waals surface area contributed by atoms with Gasteiger partial charge in [0.25, 0.3) is 10.2 Å². The van der Waals surface area contributed by atoms with Crippen molar-refractivity contribution >= 4 is 16.2 Å². The van der Waals surface area contributed by atoms with E-state index in [0.29, 0.717) is 0 Å². The van der Waals surface area contributed by atoms with E-state index in [1.807, 2.05) is 0 Å². The van der Waals surface area contributed by atoms with Gasteiger partial charge in [-0.15, -0.1) is 0 Å². The summed E-state index contributed by atoms with van der Waals surface area (Å²) in [7, 11) is -2.07. The number of carboxylic acids is 1. The lowest BCUT2D eigenvalue weighted by molar-refractivity contribution is -0.140. The van der Waals surface area contributed by atoms with E-state index < -0.39 is 28.1 Å². The first-order valence-electron chi connectivity index (χ1n) is 5.40. The van der Waals surface area contributed by atoms with Crippen molar-refractivity contribution in [3.63, 3.8) is 0 Å². The first-order chi connectivity index (χ1) is 7.74. The van der Waals surface area contributed by atoms with Gasteiger partial charge < -0.3 is 5.11 Å². The number of carboxylic acid groups (broad SMARTS) is 1. The van der Waals surface area contributed by atoms with E-state index >= 15 is 0 Å². The average Bonchev–Trinajstić information content (AvgIpc) is 2.64. The van der Waals surface area contributed by atoms with Gasteiger partial charge in [-0.3, -0.25) is 4.79 Å². The minimum Gasteiger partial charge on any atom is -0.481 e. The molecule has 2 atom stereocenters. The molecule has 0 heterocycles. The largest absolute Gasteiger partial charge is 0.481 e. The van der Waals surface area contributed by atoms with Crippen LogP contribution in [0.3, 0.4) is 0 Å². The molecule has 0 aromatic heterocycles. The summed E-state index contributed by atoms with van der Waals surface area (Å²) in [6.45, 7) is 3.54. The maximum atomic E-state index is 11.8. The van der Waals surface area contributed by atoms with Crippen LogP contribution in [0.25, 0.3) is 0 Å². The molecular weight excluding hydrogens is 244 g/mol. The second-order valence-electron chi connectivity index (χ2n) is 4.40. The van der Waals surface area contributed by atoms with Crippen LogP contribution in [0.4, 0.5) is 0 Å². The molecule has 1 aliphatic carbocycles. The number of hydrogen-bond acceptors (Lipinski definition) is 3. The number of rotatable bonds is 5. The Bertz CT molecular complexity index is 416. The van der Waals surface area contributed by atoms with Gasteiger partial charge in [-0.05, 0) is 20.3 Å². The van der Waals surface area contributed by atoms with Crippen molar-refractivity contribution in [2.45, 2.75) is 32.4 Å². The van der Waals surface area contributed by atoms with Gasteiger partial charge in [0.05, 0.1) is 5.92 Å². The van der Waals surface area contributed by atoms with E-state index in [0.717, 1.165) is 0 Å². The smallest absolute Gasteiger partial charge is 0.310 e. The van der Waals surface area contributed by atoms with Crippen molar-refractivity contribution in [2.24, 2.45) is 5.92 Å². The summed E-state index contributed by atoms with van der Waals surface area (Å²) in [4.78, 5) is 10.7. The molecule has 1 rings (SSSR count). The van der Waals surface area contributed by atoms with Crippen molar-refractivity contribution in [2.75, 3.05) is 7.05 Å². The topological polar surface area (TPSA) is 86.7 Å². The Hall–Kier alpha value is -0.920. The van der Waals surface area contributed by atoms with Gasteiger partial charge in [-0.1, -0.05) is 12.2 Å². The van der Waals surface area contributed by atoms with Gasteiger partial charge in [-0.2, -0.15) is 17.4 Å². The fraction of sp³-hybridized carbons (Fsp3) is 0.700. The monoisotopic (exact) mass is 262 g/mol. The molecule has 0 aromatic carbocycles. The molecule has 0 aromatic rings. The Morgan fingerprint density at radius 2 is 2.06 bits per heavy atom. The SMILES string of the molecule is CC(C)N(C)S(=O)(=O)NC1C=CC(C(=O)O)C1. The molecule has 0 saturated carbocycles. The van der Waals surface area contributed by atoms with Crippen LogP contribution in [0.15, 0.2) is 12.2 Å². The lowest BCUT2D eigenvalue weighted by atomic mass is 10.1. The van der Waals surface area contributed by atoms with Crippen LogP contribution in [0.2, 0.25) is 0 Å². The lowest BCUT2D eigenvalue weighted by Crippen LogP contribution is -2.45. The third-order valence-corrected chi connectivity index (χ3v) is 4.59. The minimum absolute atomic E-state index is 0.145. The van der Waals surface area contributed by atoms with E-state index in [1.54, 1.807) is 19.9 Å². The number of aliphatic carboxylic acids is 1. The predicted molar refractivity (Wildman–Crippen MR) is 63.6 cm³/mol. The van der Waals surface area contributed by atoms with Gasteiger partial charge in [0.2, 0.25) is 0 Å². The summed E-state index contributed by atoms with van der Waals surface area (Å²) in [5.74, 6) is -1.53. The molecule has 7 heteroatoms. The average molecular weight is 262 g/mol. The Kier molecular flexibility index (Phi) is 4.29. The molecule has 0 radical (unpaired) electrons. The normalized spacial score (nSPS) is 24.8. The number of hydrogen-bond donors (Lipinski definition) is 2. The molecule has 2 N–H and O–H groups in total. The number of nitrogens with zero attached hydrogens (tertiary/aromatic N) is 1. The van der Waals surface area contributed by atoms with E-state index in [-0.39, 0.29) is 12.5 Å². The molecule has 1 aliphatic rings. The number of carbonyl (C=O) groups is 1. The summed E-state index contributed by atoms with van der Waals surface area (Å²) >= 11 is 0. The highest BCUT2D eigenvalue weighted by atomic mass is 32.2. The molecule has 0 amide bonds. The summed E-state index contributed by atoms with van der Waals surface area (Å²) in [5.41, 5.74) is 0. The Labute approximate surface area is 101 Å². The highest BCUT2D eigenvalue weighted by Crippen LogP contribution is 2.19. The molecule has 98 valence electrons. The van der Waals surface area contributed by atoms with Crippen LogP contribution in [0.1, 0.15) is 20.3 Å². The van der Waals surface area contributed by atoms with Crippen LogP contribution in [0, 0.1) is 5.92 Å². The standard InChI is InChI=1S/C10H18N2O4S/c1-7(2)12(3)17(15,16)11-9-5-4-8(6-9)10(13)14/h4-5,7-9,11H,6H2,1-3H3,(H,13,14). The Balaban J connectivity index is 2.63. The molecule has 0 spiro atoms. The second kappa shape index (κ2) is 5.16. The first kappa shape index (κ1) is 14.1. The van der Waals surface area contributed by atoms with E-state index in [9.17, 15) is 13.2 Å². The van der Waals surface area contributed by atoms with Crippen molar-refractivity contribution in [1.82, 2.24) is 9.03 Å². The molecule has 0 aliphatic heterocycles. The number of nitrogens with one attached hydrogen (secondary N) is 1. The summed E-state index contributed by atoms with van der Waals surface area (Å²) in [6, 6.07) is -0.588. The molecule has 6 nitrogen and oxygen atoms in total. The van der Waals surface area contributed by atoms with E-state index in [4.69, 9.17) is 5.11 Å². The van der Waals surface area contributed by atoms with Crippen LogP contribution < -0.4 is 4.72 Å². The quantitative estimate of drug-likeness (QED) is 0.692. The lowest BCUT2D eigenvalue weighted by Gasteiger charge is -2.23. The van der Waals surface area contributed by atoms with Crippen LogP contribution in [-0.2, 0) is 15.0 Å². The Morgan fingerprint density at radius 3 is 2.47 bits per heavy atom. The summed E-state index contributed by atoms with van der Waals surface area (Å²) < 4.78 is 27.4. The van der Waals surface area contributed by atoms with Crippen molar-refractivity contribution in [3.8, 4) is 0 Å². The van der Waals surface area contributed by atoms with Gasteiger partial charge >= 0.3 is 5.97 Å². The fourth-order valence-corrected chi connectivity index (χ4v) is 2.80. The maximum absolute atomic E-state index is 11.8. The Morgan fingerprint density at radius 1 is 1.47 bits per heavy atom. The van der Waals surface area contributed by atoms with Crippen LogP contribution in [0.5, 0.6) is 0 Å². The van der Waals surface area contributed by atoms with Gasteiger partial charge in [0.15, 0.2) is 0 Å². The summed E-state index contributed by atoms with van der Waals surface area (Å²) in [6.07, 6.45) is 3.37. The first-order valence-corrected chi connectivity index (χ1v) is 6.84. The van der Waals surface area contributed by atoms with E-state index in [1.165, 1.54) is 17.4 Å². The third kappa shape index (κ3) is 3.52. The van der Waals surface area contributed by atoms with Crippen molar-refractivity contribution in [3.05, 3.63) is 12.2 Å². The summed E-state index contributed by atoms with van der Waals surface area (Å²) in [5, 5.41) is 8.79. The molecule has 0 bridgehead atoms. The molecule has 17 heavy (non-hydrogen) atoms. The van der Waals surface area contributed by atoms with Crippen LogP contribution in [-0.4, -0.2) is 42.9 Å². The van der Waals surface area contributed by atoms with Crippen LogP contribution >= 0.6 is 0 Å². The highest BCUT2D eigenvalue weighted by molar-refractivity contribution is 7.87. The van der Waals surface area contributed by atoms with Crippen molar-refractivity contribution < 1.29 is 18.3 Å². The minimum atomic E-state index is -3.55. The second-order valence-corrected chi connectivity index (χ2v) is 6.17. The molecule has 0 fully saturated rings. The van der Waals surface area contributed by atoms with Crippen molar-refractivity contribution in [1.29, 1.82) is 0 Å². The molecular formula is C10H18N2O4S. The zero-order valence-electron chi connectivity index (χ0n) is 10.1. The van der Waals surface area contributed by atoms with Gasteiger partial charge in [-0.25, -0.2) is 0 Å². The molecule has 2 unspecified atom stereocenters. The van der Waals surface area contributed by atoms with E-state index in [2.05, 4.69) is 4.72 Å². The van der Waals surface area contributed by atoms with Gasteiger partial charge in [0, 0.05) is 19.1 Å². The molecule has 0 saturated heterocycles. The maximum Gasteiger partial charge on any atom is 0.310 e. The highest BCUT2D eigenvalue weighted by Gasteiger charge is 2.29. The fourth-order valence-electron chi connectivity index (χ4n) is 1.52. The zero-order valence-corrected chi connectivity index (χ0v) is 10.9. The zero-order chi connectivity index (χ0) is 13.2. The third-order valence-electron chi connectivity index (χ3n) is 2.81. The predicted octanol–water partition coefficient (Wildman–Crippen LogP) is 0.190.